The van der Waals surface area contributed by atoms with Gasteiger partial charge in [-0.15, -0.1) is 0 Å². The van der Waals surface area contributed by atoms with Crippen LogP contribution in [0.1, 0.15) is 52.7 Å². The molecule has 5 nitrogen and oxygen atoms in total. The van der Waals surface area contributed by atoms with E-state index in [0.717, 1.165) is 40.2 Å². The van der Waals surface area contributed by atoms with Crippen molar-refractivity contribution in [1.82, 2.24) is 4.98 Å². The van der Waals surface area contributed by atoms with Crippen LogP contribution in [0.25, 0.3) is 0 Å². The Bertz CT molecular complexity index is 2560. The van der Waals surface area contributed by atoms with E-state index in [1.807, 2.05) is 0 Å². The first-order valence-corrected chi connectivity index (χ1v) is 27.0. The zero-order chi connectivity index (χ0) is 38.1. The van der Waals surface area contributed by atoms with Gasteiger partial charge in [-0.25, -0.2) is 0 Å². The molecule has 7 aromatic rings. The number of benzene rings is 6. The van der Waals surface area contributed by atoms with Crippen molar-refractivity contribution in [3.8, 4) is 23.0 Å². The van der Waals surface area contributed by atoms with E-state index in [1.165, 1.54) is 53.0 Å². The zero-order valence-corrected chi connectivity index (χ0v) is 37.4. The van der Waals surface area contributed by atoms with Gasteiger partial charge in [-0.3, -0.25) is 0 Å². The number of rotatable bonds is 2. The summed E-state index contributed by atoms with van der Waals surface area (Å²) < 4.78 is 21.9. The second kappa shape index (κ2) is 12.2. The second-order valence-electron chi connectivity index (χ2n) is 17.6. The quantitative estimate of drug-likeness (QED) is 0.164. The fraction of sp³-hybridized carbons (Fsp3) is 0.163. The van der Waals surface area contributed by atoms with Crippen LogP contribution in [0.15, 0.2) is 140 Å². The Morgan fingerprint density at radius 2 is 0.911 bits per heavy atom. The van der Waals surface area contributed by atoms with Gasteiger partial charge in [-0.2, -0.15) is 0 Å². The number of ether oxygens (including phenoxy) is 2. The van der Waals surface area contributed by atoms with Crippen LogP contribution in [-0.2, 0) is 10.8 Å². The molecule has 0 saturated heterocycles. The normalized spacial score (nSPS) is 14.4. The summed E-state index contributed by atoms with van der Waals surface area (Å²) in [4.78, 5) is 11.1. The van der Waals surface area contributed by atoms with Gasteiger partial charge in [0.25, 0.3) is 0 Å². The van der Waals surface area contributed by atoms with Crippen LogP contribution in [0.5, 0.6) is 23.0 Å². The fourth-order valence-corrected chi connectivity index (χ4v) is 23.3. The fourth-order valence-electron chi connectivity index (χ4n) is 9.23. The molecule has 4 aliphatic rings. The molecule has 0 unspecified atom stereocenters. The van der Waals surface area contributed by atoms with Crippen LogP contribution in [0.3, 0.4) is 0 Å². The average Bonchev–Trinajstić information content (AvgIpc) is 3.19. The number of hydrogen-bond acceptors (Lipinski definition) is 5. The van der Waals surface area contributed by atoms with Crippen LogP contribution in [0.2, 0.25) is 0 Å². The first-order chi connectivity index (χ1) is 27.0. The molecule has 4 aliphatic heterocycles. The van der Waals surface area contributed by atoms with Gasteiger partial charge >= 0.3 is 342 Å². The SMILES string of the molecule is CC(C)(C)c1cc2[c]3c(c1)N(c1ccccc1)c1n[c]4c(c[c]1[Ga]3[c]1ccccc1O2)N(c1ccccc1)c1cc(C(C)(C)C)cc2[c]1[Ga]4[c]1ccccc1O2. The van der Waals surface area contributed by atoms with Gasteiger partial charge in [0, 0.05) is 0 Å². The summed E-state index contributed by atoms with van der Waals surface area (Å²) in [5.74, 6) is 5.02. The molecule has 0 saturated carbocycles. The number of pyridine rings is 1. The topological polar surface area (TPSA) is 37.8 Å². The van der Waals surface area contributed by atoms with Crippen LogP contribution in [-0.4, -0.2) is 37.4 Å². The molecule has 11 rings (SSSR count). The number of para-hydroxylation sites is 4. The third-order valence-corrected chi connectivity index (χ3v) is 25.7. The van der Waals surface area contributed by atoms with Gasteiger partial charge in [0.05, 0.1) is 0 Å². The molecule has 56 heavy (non-hydrogen) atoms. The first kappa shape index (κ1) is 34.2. The van der Waals surface area contributed by atoms with Crippen molar-refractivity contribution < 1.29 is 9.47 Å². The Morgan fingerprint density at radius 3 is 1.46 bits per heavy atom. The van der Waals surface area contributed by atoms with Crippen LogP contribution in [0.4, 0.5) is 34.3 Å². The zero-order valence-electron chi connectivity index (χ0n) is 32.6. The van der Waals surface area contributed by atoms with Gasteiger partial charge in [0.1, 0.15) is 0 Å². The number of nitrogens with zero attached hydrogens (tertiary/aromatic N) is 3. The molecule has 270 valence electrons. The summed E-state index contributed by atoms with van der Waals surface area (Å²) in [6.07, 6.45) is 0. The van der Waals surface area contributed by atoms with Crippen LogP contribution < -0.4 is 44.1 Å². The van der Waals surface area contributed by atoms with E-state index < -0.39 is 32.4 Å². The minimum absolute atomic E-state index is 0.0750. The molecule has 0 aliphatic carbocycles. The summed E-state index contributed by atoms with van der Waals surface area (Å²) >= 11 is -5.76. The Kier molecular flexibility index (Phi) is 7.47. The van der Waals surface area contributed by atoms with Crippen molar-refractivity contribution in [2.24, 2.45) is 0 Å². The molecule has 7 heteroatoms. The number of aromatic nitrogens is 1. The van der Waals surface area contributed by atoms with Gasteiger partial charge in [-0.05, 0) is 0 Å². The first-order valence-electron chi connectivity index (χ1n) is 19.7. The molecule has 0 fully saturated rings. The van der Waals surface area contributed by atoms with E-state index in [-0.39, 0.29) is 10.8 Å². The summed E-state index contributed by atoms with van der Waals surface area (Å²) in [6, 6.07) is 51.4. The summed E-state index contributed by atoms with van der Waals surface area (Å²) in [5, 5.41) is 0. The van der Waals surface area contributed by atoms with E-state index in [1.54, 1.807) is 0 Å². The van der Waals surface area contributed by atoms with E-state index >= 15 is 0 Å². The molecule has 0 N–H and O–H groups in total. The molecule has 0 atom stereocenters. The van der Waals surface area contributed by atoms with Crippen molar-refractivity contribution in [2.75, 3.05) is 9.80 Å². The van der Waals surface area contributed by atoms with Crippen molar-refractivity contribution in [1.29, 1.82) is 0 Å². The number of anilines is 6. The van der Waals surface area contributed by atoms with E-state index in [9.17, 15) is 0 Å². The Labute approximate surface area is 339 Å². The molecule has 6 aromatic carbocycles. The Balaban J connectivity index is 1.28. The van der Waals surface area contributed by atoms with Gasteiger partial charge in [0.15, 0.2) is 0 Å². The van der Waals surface area contributed by atoms with Gasteiger partial charge in [0.2, 0.25) is 0 Å². The summed E-state index contributed by atoms with van der Waals surface area (Å²) in [6.45, 7) is 13.8. The standard InChI is InChI=1S/C49H41N3O2.2Ga/c1-48(2,3)36-29-41(33-45(31-36)53-43-23-15-9-16-24-43)51(38-19-11-7-12-20-38)40-27-28-47(50-35-40)52(39-21-13-8-14-22-39)42-30-37(49(4,5)6)32-46(34-42)54-44-25-17-10-18-26-44;;/h7-23,25,27,29-32H,1-6H3;;. The average molecular weight is 843 g/mol. The molecule has 5 heterocycles. The maximum absolute atomic E-state index is 6.93. The summed E-state index contributed by atoms with van der Waals surface area (Å²) in [7, 11) is 0. The van der Waals surface area contributed by atoms with Crippen molar-refractivity contribution >= 4 is 91.5 Å². The monoisotopic (exact) mass is 841 g/mol. The Hall–Kier alpha value is -5.06. The van der Waals surface area contributed by atoms with E-state index in [2.05, 4.69) is 191 Å². The van der Waals surface area contributed by atoms with Crippen molar-refractivity contribution in [3.63, 3.8) is 0 Å². The molecule has 0 amide bonds. The molecule has 0 spiro atoms. The second-order valence-corrected chi connectivity index (χ2v) is 28.7. The predicted molar refractivity (Wildman–Crippen MR) is 233 cm³/mol. The molecule has 1 aromatic heterocycles. The van der Waals surface area contributed by atoms with E-state index in [4.69, 9.17) is 14.5 Å². The molecular weight excluding hydrogens is 802 g/mol. The number of fused-ring (bicyclic) bond motifs is 8. The third-order valence-electron chi connectivity index (χ3n) is 12.0. The molecule has 0 radical (unpaired) electrons. The van der Waals surface area contributed by atoms with Crippen LogP contribution >= 0.6 is 0 Å². The van der Waals surface area contributed by atoms with Crippen molar-refractivity contribution in [3.05, 3.63) is 151 Å². The van der Waals surface area contributed by atoms with E-state index in [0.29, 0.717) is 0 Å². The van der Waals surface area contributed by atoms with Crippen LogP contribution in [0, 0.1) is 0 Å². The number of hydrogen-bond donors (Lipinski definition) is 0. The summed E-state index contributed by atoms with van der Waals surface area (Å²) in [5.41, 5.74) is 8.27. The maximum atomic E-state index is 6.93. The molecular formula is C49H41Ga2N3O2. The molecule has 0 bridgehead atoms. The van der Waals surface area contributed by atoms with Gasteiger partial charge < -0.3 is 0 Å². The van der Waals surface area contributed by atoms with Crippen molar-refractivity contribution in [2.45, 2.75) is 52.4 Å². The predicted octanol–water partition coefficient (Wildman–Crippen LogP) is 8.49. The third kappa shape index (κ3) is 5.07. The minimum atomic E-state index is -2.90. The van der Waals surface area contributed by atoms with Gasteiger partial charge in [-0.1, -0.05) is 0 Å². The Morgan fingerprint density at radius 1 is 0.446 bits per heavy atom.